The van der Waals surface area contributed by atoms with E-state index in [4.69, 9.17) is 11.6 Å². The van der Waals surface area contributed by atoms with Gasteiger partial charge in [-0.25, -0.2) is 4.98 Å². The fourth-order valence-electron chi connectivity index (χ4n) is 2.03. The van der Waals surface area contributed by atoms with E-state index in [1.54, 1.807) is 12.1 Å². The van der Waals surface area contributed by atoms with Crippen LogP contribution in [-0.2, 0) is 5.41 Å². The van der Waals surface area contributed by atoms with Crippen LogP contribution in [0.1, 0.15) is 57.1 Å². The quantitative estimate of drug-likeness (QED) is 0.821. The maximum atomic E-state index is 12.3. The summed E-state index contributed by atoms with van der Waals surface area (Å²) in [6.45, 7) is 10.1. The number of rotatable bonds is 5. The summed E-state index contributed by atoms with van der Waals surface area (Å²) < 4.78 is 0. The molecule has 5 heteroatoms. The molecule has 2 N–H and O–H groups in total. The minimum atomic E-state index is -0.248. The molecule has 1 aromatic rings. The Labute approximate surface area is 131 Å². The van der Waals surface area contributed by atoms with E-state index < -0.39 is 0 Å². The average molecular weight is 313 g/mol. The largest absolute Gasteiger partial charge is 0.394 e. The fraction of sp³-hybridized carbons (Fsp3) is 0.625. The van der Waals surface area contributed by atoms with Gasteiger partial charge in [0.2, 0.25) is 0 Å². The lowest BCUT2D eigenvalue weighted by molar-refractivity contribution is 0.0908. The SMILES string of the molecule is CC(C)CC(CO)NC(=O)c1cc(Cl)nc(C(C)(C)C)c1. The van der Waals surface area contributed by atoms with Crippen molar-refractivity contribution < 1.29 is 9.90 Å². The highest BCUT2D eigenvalue weighted by Crippen LogP contribution is 2.23. The molecule has 0 aliphatic rings. The van der Waals surface area contributed by atoms with Crippen LogP contribution in [0.5, 0.6) is 0 Å². The number of halogens is 1. The number of nitrogens with zero attached hydrogens (tertiary/aromatic N) is 1. The monoisotopic (exact) mass is 312 g/mol. The van der Waals surface area contributed by atoms with Gasteiger partial charge in [-0.05, 0) is 24.5 Å². The van der Waals surface area contributed by atoms with Crippen LogP contribution in [0.3, 0.4) is 0 Å². The molecule has 0 aliphatic carbocycles. The predicted molar refractivity (Wildman–Crippen MR) is 85.7 cm³/mol. The van der Waals surface area contributed by atoms with Crippen molar-refractivity contribution >= 4 is 17.5 Å². The van der Waals surface area contributed by atoms with Crippen molar-refractivity contribution in [2.45, 2.75) is 52.5 Å². The van der Waals surface area contributed by atoms with Crippen LogP contribution in [0.15, 0.2) is 12.1 Å². The lowest BCUT2D eigenvalue weighted by Crippen LogP contribution is -2.38. The Morgan fingerprint density at radius 3 is 2.48 bits per heavy atom. The van der Waals surface area contributed by atoms with Gasteiger partial charge in [-0.15, -0.1) is 0 Å². The van der Waals surface area contributed by atoms with E-state index in [9.17, 15) is 9.90 Å². The third kappa shape index (κ3) is 5.64. The summed E-state index contributed by atoms with van der Waals surface area (Å²) in [5.41, 5.74) is 1.06. The molecular weight excluding hydrogens is 288 g/mol. The van der Waals surface area contributed by atoms with E-state index in [1.807, 2.05) is 20.8 Å². The Kier molecular flexibility index (Phi) is 6.17. The molecule has 0 radical (unpaired) electrons. The summed E-state index contributed by atoms with van der Waals surface area (Å²) in [4.78, 5) is 16.6. The molecule has 1 amide bonds. The van der Waals surface area contributed by atoms with Gasteiger partial charge in [-0.2, -0.15) is 0 Å². The lowest BCUT2D eigenvalue weighted by Gasteiger charge is -2.21. The number of aromatic nitrogens is 1. The third-order valence-electron chi connectivity index (χ3n) is 3.14. The summed E-state index contributed by atoms with van der Waals surface area (Å²) in [5.74, 6) is 0.165. The second-order valence-corrected chi connectivity index (χ2v) is 7.18. The minimum Gasteiger partial charge on any atom is -0.394 e. The second kappa shape index (κ2) is 7.23. The standard InChI is InChI=1S/C16H25ClN2O2/c1-10(2)6-12(9-20)18-15(21)11-7-13(16(3,4)5)19-14(17)8-11/h7-8,10,12,20H,6,9H2,1-5H3,(H,18,21). The second-order valence-electron chi connectivity index (χ2n) is 6.80. The lowest BCUT2D eigenvalue weighted by atomic mass is 9.91. The number of carbonyl (C=O) groups is 1. The van der Waals surface area contributed by atoms with Crippen molar-refractivity contribution in [2.75, 3.05) is 6.61 Å². The molecule has 1 atom stereocenters. The number of carbonyl (C=O) groups excluding carboxylic acids is 1. The molecule has 1 unspecified atom stereocenters. The van der Waals surface area contributed by atoms with Gasteiger partial charge < -0.3 is 10.4 Å². The minimum absolute atomic E-state index is 0.0745. The van der Waals surface area contributed by atoms with E-state index in [0.717, 1.165) is 12.1 Å². The Hall–Kier alpha value is -1.13. The predicted octanol–water partition coefficient (Wildman–Crippen LogP) is 3.17. The Balaban J connectivity index is 2.94. The van der Waals surface area contributed by atoms with Crippen molar-refractivity contribution in [1.29, 1.82) is 0 Å². The summed E-state index contributed by atoms with van der Waals surface area (Å²) in [6, 6.07) is 3.06. The van der Waals surface area contributed by atoms with Crippen molar-refractivity contribution in [1.82, 2.24) is 10.3 Å². The highest BCUT2D eigenvalue weighted by Gasteiger charge is 2.20. The summed E-state index contributed by atoms with van der Waals surface area (Å²) in [5, 5.41) is 12.5. The van der Waals surface area contributed by atoms with Crippen LogP contribution in [0.25, 0.3) is 0 Å². The van der Waals surface area contributed by atoms with E-state index in [2.05, 4.69) is 24.1 Å². The number of nitrogens with one attached hydrogen (secondary N) is 1. The molecule has 1 aromatic heterocycles. The Morgan fingerprint density at radius 1 is 1.38 bits per heavy atom. The van der Waals surface area contributed by atoms with Gasteiger partial charge in [-0.3, -0.25) is 4.79 Å². The molecule has 0 aromatic carbocycles. The van der Waals surface area contributed by atoms with Crippen LogP contribution in [-0.4, -0.2) is 28.6 Å². The maximum absolute atomic E-state index is 12.3. The maximum Gasteiger partial charge on any atom is 0.251 e. The van der Waals surface area contributed by atoms with Crippen LogP contribution in [0, 0.1) is 5.92 Å². The number of hydrogen-bond acceptors (Lipinski definition) is 3. The first-order valence-electron chi connectivity index (χ1n) is 7.23. The normalized spacial score (nSPS) is 13.3. The van der Waals surface area contributed by atoms with Crippen LogP contribution in [0.2, 0.25) is 5.15 Å². The van der Waals surface area contributed by atoms with Crippen molar-refractivity contribution in [3.05, 3.63) is 28.5 Å². The zero-order valence-corrected chi connectivity index (χ0v) is 14.2. The van der Waals surface area contributed by atoms with Crippen LogP contribution >= 0.6 is 11.6 Å². The first-order chi connectivity index (χ1) is 9.63. The summed E-state index contributed by atoms with van der Waals surface area (Å²) >= 11 is 6.01. The number of aliphatic hydroxyl groups is 1. The van der Waals surface area contributed by atoms with Gasteiger partial charge in [0.25, 0.3) is 5.91 Å². The zero-order chi connectivity index (χ0) is 16.2. The number of pyridine rings is 1. The van der Waals surface area contributed by atoms with Crippen molar-refractivity contribution in [2.24, 2.45) is 5.92 Å². The summed E-state index contributed by atoms with van der Waals surface area (Å²) in [7, 11) is 0. The Morgan fingerprint density at radius 2 is 2.00 bits per heavy atom. The van der Waals surface area contributed by atoms with Gasteiger partial charge in [-0.1, -0.05) is 46.2 Å². The molecule has 4 nitrogen and oxygen atoms in total. The Bertz CT molecular complexity index is 496. The molecule has 0 spiro atoms. The fourth-order valence-corrected chi connectivity index (χ4v) is 2.24. The summed E-state index contributed by atoms with van der Waals surface area (Å²) in [6.07, 6.45) is 0.729. The molecule has 0 saturated heterocycles. The molecule has 1 heterocycles. The molecule has 21 heavy (non-hydrogen) atoms. The van der Waals surface area contributed by atoms with Crippen LogP contribution in [0.4, 0.5) is 0 Å². The molecule has 0 saturated carbocycles. The first kappa shape index (κ1) is 17.9. The van der Waals surface area contributed by atoms with E-state index in [1.165, 1.54) is 0 Å². The van der Waals surface area contributed by atoms with Gasteiger partial charge in [0.05, 0.1) is 12.6 Å². The third-order valence-corrected chi connectivity index (χ3v) is 3.33. The van der Waals surface area contributed by atoms with Gasteiger partial charge in [0, 0.05) is 16.7 Å². The number of hydrogen-bond donors (Lipinski definition) is 2. The van der Waals surface area contributed by atoms with E-state index in [0.29, 0.717) is 16.6 Å². The first-order valence-corrected chi connectivity index (χ1v) is 7.61. The molecule has 1 rings (SSSR count). The van der Waals surface area contributed by atoms with Crippen molar-refractivity contribution in [3.63, 3.8) is 0 Å². The molecule has 0 aliphatic heterocycles. The molecule has 0 fully saturated rings. The smallest absolute Gasteiger partial charge is 0.251 e. The zero-order valence-electron chi connectivity index (χ0n) is 13.4. The van der Waals surface area contributed by atoms with Gasteiger partial charge >= 0.3 is 0 Å². The van der Waals surface area contributed by atoms with E-state index in [-0.39, 0.29) is 24.0 Å². The average Bonchev–Trinajstić information content (AvgIpc) is 2.35. The van der Waals surface area contributed by atoms with E-state index >= 15 is 0 Å². The molecular formula is C16H25ClN2O2. The van der Waals surface area contributed by atoms with Gasteiger partial charge in [0.15, 0.2) is 0 Å². The molecule has 118 valence electrons. The highest BCUT2D eigenvalue weighted by molar-refractivity contribution is 6.29. The number of amides is 1. The van der Waals surface area contributed by atoms with Gasteiger partial charge in [0.1, 0.15) is 5.15 Å². The van der Waals surface area contributed by atoms with Crippen LogP contribution < -0.4 is 5.32 Å². The van der Waals surface area contributed by atoms with Crippen molar-refractivity contribution in [3.8, 4) is 0 Å². The molecule has 0 bridgehead atoms. The highest BCUT2D eigenvalue weighted by atomic mass is 35.5. The topological polar surface area (TPSA) is 62.2 Å². The number of aliphatic hydroxyl groups excluding tert-OH is 1.